The Morgan fingerprint density at radius 2 is 1.70 bits per heavy atom. The predicted octanol–water partition coefficient (Wildman–Crippen LogP) is 5.54. The van der Waals surface area contributed by atoms with Gasteiger partial charge in [0.05, 0.1) is 39.0 Å². The number of halogens is 1. The van der Waals surface area contributed by atoms with E-state index in [0.717, 1.165) is 0 Å². The average molecular weight is 523 g/mol. The van der Waals surface area contributed by atoms with Crippen LogP contribution in [0.15, 0.2) is 60.8 Å². The number of nitrogens with one attached hydrogen (secondary N) is 1. The Morgan fingerprint density at radius 1 is 1.03 bits per heavy atom. The molecule has 37 heavy (non-hydrogen) atoms. The first-order chi connectivity index (χ1) is 17.9. The number of pyridine rings is 1. The molecule has 0 spiro atoms. The summed E-state index contributed by atoms with van der Waals surface area (Å²) in [5.74, 6) is 1.22. The largest absolute Gasteiger partial charge is 0.505 e. The van der Waals surface area contributed by atoms with Gasteiger partial charge in [0.1, 0.15) is 17.0 Å². The van der Waals surface area contributed by atoms with Crippen LogP contribution in [0, 0.1) is 0 Å². The van der Waals surface area contributed by atoms with Crippen LogP contribution < -0.4 is 24.3 Å². The number of hydrogen-bond donors (Lipinski definition) is 2. The molecule has 0 unspecified atom stereocenters. The molecule has 0 aliphatic heterocycles. The normalized spacial score (nSPS) is 11.6. The van der Waals surface area contributed by atoms with E-state index >= 15 is 0 Å². The van der Waals surface area contributed by atoms with Gasteiger partial charge in [-0.2, -0.15) is 0 Å². The molecule has 0 aliphatic carbocycles. The molecule has 0 saturated heterocycles. The summed E-state index contributed by atoms with van der Waals surface area (Å²) < 4.78 is 21.7. The van der Waals surface area contributed by atoms with Crippen molar-refractivity contribution < 1.29 is 28.8 Å². The number of aromatic nitrogens is 1. The van der Waals surface area contributed by atoms with Gasteiger partial charge in [-0.25, -0.2) is 0 Å². The fourth-order valence-electron chi connectivity index (χ4n) is 4.12. The Morgan fingerprint density at radius 3 is 2.30 bits per heavy atom. The van der Waals surface area contributed by atoms with E-state index in [0.29, 0.717) is 56.7 Å². The van der Waals surface area contributed by atoms with Crippen LogP contribution in [0.5, 0.6) is 28.7 Å². The lowest BCUT2D eigenvalue weighted by Gasteiger charge is -2.23. The van der Waals surface area contributed by atoms with Gasteiger partial charge >= 0.3 is 0 Å². The minimum absolute atomic E-state index is 0.0796. The minimum atomic E-state index is -0.772. The number of rotatable bonds is 9. The number of nitrogens with zero attached hydrogens (tertiary/aromatic N) is 1. The summed E-state index contributed by atoms with van der Waals surface area (Å²) in [5.41, 5.74) is 1.70. The van der Waals surface area contributed by atoms with Gasteiger partial charge in [0.2, 0.25) is 5.75 Å². The Balaban J connectivity index is 1.82. The maximum Gasteiger partial charge on any atom is 0.252 e. The minimum Gasteiger partial charge on any atom is -0.505 e. The number of ether oxygens (including phenoxy) is 4. The number of fused-ring (bicyclic) bond motifs is 1. The first-order valence-corrected chi connectivity index (χ1v) is 11.9. The summed E-state index contributed by atoms with van der Waals surface area (Å²) in [4.78, 5) is 17.9. The summed E-state index contributed by atoms with van der Waals surface area (Å²) in [6, 6.07) is 14.7. The standard InChI is InChI=1S/C28H27ClN2O6/c1-5-37-18-10-8-16(9-11-18)24(20-15-21(29)19-7-6-12-30-25(19)26(20)32)31-28(33)17-13-22(34-2)27(36-4)23(14-17)35-3/h6-15,24,32H,5H2,1-4H3,(H,31,33)/t24-/m0/s1. The van der Waals surface area contributed by atoms with E-state index in [-0.39, 0.29) is 11.3 Å². The summed E-state index contributed by atoms with van der Waals surface area (Å²) in [5, 5.41) is 15.2. The highest BCUT2D eigenvalue weighted by Gasteiger charge is 2.25. The average Bonchev–Trinajstić information content (AvgIpc) is 2.93. The SMILES string of the molecule is CCOc1ccc([C@H](NC(=O)c2cc(OC)c(OC)c(OC)c2)c2cc(Cl)c3cccnc3c2O)cc1. The van der Waals surface area contributed by atoms with Crippen LogP contribution in [0.1, 0.15) is 34.5 Å². The van der Waals surface area contributed by atoms with Gasteiger partial charge in [0, 0.05) is 22.7 Å². The van der Waals surface area contributed by atoms with Crippen LogP contribution >= 0.6 is 11.6 Å². The third-order valence-electron chi connectivity index (χ3n) is 5.88. The smallest absolute Gasteiger partial charge is 0.252 e. The van der Waals surface area contributed by atoms with Gasteiger partial charge in [0.15, 0.2) is 11.5 Å². The molecule has 1 atom stereocenters. The summed E-state index contributed by atoms with van der Waals surface area (Å²) in [6.07, 6.45) is 1.57. The molecule has 2 N–H and O–H groups in total. The third-order valence-corrected chi connectivity index (χ3v) is 6.20. The van der Waals surface area contributed by atoms with Crippen molar-refractivity contribution in [2.24, 2.45) is 0 Å². The van der Waals surface area contributed by atoms with Crippen LogP contribution in [0.4, 0.5) is 0 Å². The number of methoxy groups -OCH3 is 3. The van der Waals surface area contributed by atoms with E-state index in [2.05, 4.69) is 10.3 Å². The number of benzene rings is 3. The second-order valence-electron chi connectivity index (χ2n) is 8.02. The van der Waals surface area contributed by atoms with Crippen LogP contribution in [0.3, 0.4) is 0 Å². The zero-order chi connectivity index (χ0) is 26.5. The molecule has 0 saturated carbocycles. The maximum atomic E-state index is 13.5. The zero-order valence-corrected chi connectivity index (χ0v) is 21.6. The number of aromatic hydroxyl groups is 1. The van der Waals surface area contributed by atoms with Crippen molar-refractivity contribution >= 4 is 28.4 Å². The molecule has 3 aromatic carbocycles. The van der Waals surface area contributed by atoms with Gasteiger partial charge in [0.25, 0.3) is 5.91 Å². The van der Waals surface area contributed by atoms with Crippen LogP contribution in [-0.4, -0.2) is 43.9 Å². The molecule has 0 bridgehead atoms. The van der Waals surface area contributed by atoms with Crippen molar-refractivity contribution in [3.8, 4) is 28.7 Å². The lowest BCUT2D eigenvalue weighted by atomic mass is 9.95. The van der Waals surface area contributed by atoms with Crippen molar-refractivity contribution in [3.63, 3.8) is 0 Å². The maximum absolute atomic E-state index is 13.5. The highest BCUT2D eigenvalue weighted by molar-refractivity contribution is 6.35. The molecule has 9 heteroatoms. The van der Waals surface area contributed by atoms with Gasteiger partial charge in [-0.05, 0) is 55.0 Å². The Hall–Kier alpha value is -4.17. The van der Waals surface area contributed by atoms with Crippen LogP contribution in [0.25, 0.3) is 10.9 Å². The molecule has 192 valence electrons. The number of hydrogen-bond acceptors (Lipinski definition) is 7. The van der Waals surface area contributed by atoms with Crippen molar-refractivity contribution in [1.82, 2.24) is 10.3 Å². The van der Waals surface area contributed by atoms with Gasteiger partial charge < -0.3 is 29.4 Å². The van der Waals surface area contributed by atoms with E-state index in [1.54, 1.807) is 48.7 Å². The van der Waals surface area contributed by atoms with Crippen molar-refractivity contribution in [2.45, 2.75) is 13.0 Å². The number of carbonyl (C=O) groups excluding carboxylic acids is 1. The first-order valence-electron chi connectivity index (χ1n) is 11.5. The van der Waals surface area contributed by atoms with Crippen molar-refractivity contribution in [2.75, 3.05) is 27.9 Å². The molecule has 8 nitrogen and oxygen atoms in total. The molecule has 0 radical (unpaired) electrons. The van der Waals surface area contributed by atoms with Crippen molar-refractivity contribution in [3.05, 3.63) is 82.5 Å². The van der Waals surface area contributed by atoms with Gasteiger partial charge in [-0.3, -0.25) is 9.78 Å². The molecular weight excluding hydrogens is 496 g/mol. The second kappa shape index (κ2) is 11.3. The van der Waals surface area contributed by atoms with Gasteiger partial charge in [-0.15, -0.1) is 0 Å². The first kappa shape index (κ1) is 25.9. The Bertz CT molecular complexity index is 1400. The fourth-order valence-corrected chi connectivity index (χ4v) is 4.39. The molecule has 1 aromatic heterocycles. The molecule has 1 amide bonds. The molecule has 1 heterocycles. The number of phenols is 1. The van der Waals surface area contributed by atoms with E-state index < -0.39 is 11.9 Å². The number of carbonyl (C=O) groups is 1. The highest BCUT2D eigenvalue weighted by Crippen LogP contribution is 2.40. The Kier molecular flexibility index (Phi) is 7.89. The molecule has 0 aliphatic rings. The van der Waals surface area contributed by atoms with Crippen molar-refractivity contribution in [1.29, 1.82) is 0 Å². The fraction of sp³-hybridized carbons (Fsp3) is 0.214. The Labute approximate surface area is 219 Å². The second-order valence-corrected chi connectivity index (χ2v) is 8.43. The summed E-state index contributed by atoms with van der Waals surface area (Å²) in [7, 11) is 4.44. The summed E-state index contributed by atoms with van der Waals surface area (Å²) in [6.45, 7) is 2.42. The monoisotopic (exact) mass is 522 g/mol. The van der Waals surface area contributed by atoms with Crippen LogP contribution in [0.2, 0.25) is 5.02 Å². The topological polar surface area (TPSA) is 99.1 Å². The molecule has 0 fully saturated rings. The lowest BCUT2D eigenvalue weighted by Crippen LogP contribution is -2.29. The lowest BCUT2D eigenvalue weighted by molar-refractivity contribution is 0.0942. The molecule has 4 aromatic rings. The number of phenolic OH excluding ortho intramolecular Hbond substituents is 1. The van der Waals surface area contributed by atoms with Gasteiger partial charge in [-0.1, -0.05) is 23.7 Å². The van der Waals surface area contributed by atoms with E-state index in [1.807, 2.05) is 19.1 Å². The highest BCUT2D eigenvalue weighted by atomic mass is 35.5. The van der Waals surface area contributed by atoms with Crippen LogP contribution in [-0.2, 0) is 0 Å². The number of amides is 1. The summed E-state index contributed by atoms with van der Waals surface area (Å²) >= 11 is 6.57. The predicted molar refractivity (Wildman–Crippen MR) is 141 cm³/mol. The quantitative estimate of drug-likeness (QED) is 0.298. The van der Waals surface area contributed by atoms with E-state index in [4.69, 9.17) is 30.5 Å². The van der Waals surface area contributed by atoms with E-state index in [9.17, 15) is 9.90 Å². The third kappa shape index (κ3) is 5.20. The molecule has 4 rings (SSSR count). The zero-order valence-electron chi connectivity index (χ0n) is 20.9. The van der Waals surface area contributed by atoms with E-state index in [1.165, 1.54) is 21.3 Å². The molecular formula is C28H27ClN2O6.